The molecule has 2 aromatic rings. The molecule has 0 spiro atoms. The molecule has 0 aromatic heterocycles. The zero-order valence-corrected chi connectivity index (χ0v) is 20.3. The molecule has 1 aliphatic heterocycles. The molecule has 3 rings (SSSR count). The molecule has 0 aliphatic carbocycles. The zero-order chi connectivity index (χ0) is 25.0. The Bertz CT molecular complexity index is 1060. The fourth-order valence-electron chi connectivity index (χ4n) is 4.29. The number of amides is 3. The summed E-state index contributed by atoms with van der Waals surface area (Å²) >= 11 is 0. The van der Waals surface area contributed by atoms with Gasteiger partial charge >= 0.3 is 12.2 Å². The minimum atomic E-state index is -1.03. The molecule has 2 aromatic carbocycles. The van der Waals surface area contributed by atoms with Crippen LogP contribution in [0.5, 0.6) is 0 Å². The average molecular weight is 468 g/mol. The third kappa shape index (κ3) is 6.27. The van der Waals surface area contributed by atoms with Gasteiger partial charge in [-0.2, -0.15) is 0 Å². The van der Waals surface area contributed by atoms with Crippen molar-refractivity contribution in [3.63, 3.8) is 0 Å². The van der Waals surface area contributed by atoms with Gasteiger partial charge < -0.3 is 25.4 Å². The van der Waals surface area contributed by atoms with Crippen LogP contribution in [-0.2, 0) is 16.0 Å². The first-order valence-corrected chi connectivity index (χ1v) is 11.4. The molecule has 34 heavy (non-hydrogen) atoms. The van der Waals surface area contributed by atoms with Gasteiger partial charge in [0.1, 0.15) is 5.60 Å². The number of nitrogens with one attached hydrogen (secondary N) is 2. The maximum Gasteiger partial charge on any atom is 0.408 e. The van der Waals surface area contributed by atoms with Crippen molar-refractivity contribution in [3.8, 4) is 11.1 Å². The second-order valence-corrected chi connectivity index (χ2v) is 9.63. The van der Waals surface area contributed by atoms with Crippen LogP contribution in [-0.4, -0.2) is 41.4 Å². The largest absolute Gasteiger partial charge is 0.465 e. The Hall–Kier alpha value is -3.55. The fourth-order valence-corrected chi connectivity index (χ4v) is 4.29. The quantitative estimate of drug-likeness (QED) is 0.581. The fraction of sp³-hybridized carbons (Fsp3) is 0.423. The van der Waals surface area contributed by atoms with Crippen molar-refractivity contribution in [3.05, 3.63) is 53.6 Å². The van der Waals surface area contributed by atoms with E-state index in [0.717, 1.165) is 27.9 Å². The number of carbonyl (C=O) groups is 3. The van der Waals surface area contributed by atoms with Crippen LogP contribution in [0.15, 0.2) is 42.5 Å². The number of hydrogen-bond acceptors (Lipinski definition) is 4. The van der Waals surface area contributed by atoms with Crippen LogP contribution < -0.4 is 15.5 Å². The van der Waals surface area contributed by atoms with Crippen molar-refractivity contribution in [1.82, 2.24) is 10.6 Å². The first kappa shape index (κ1) is 25.1. The van der Waals surface area contributed by atoms with E-state index in [9.17, 15) is 14.4 Å². The lowest BCUT2D eigenvalue weighted by molar-refractivity contribution is -0.117. The van der Waals surface area contributed by atoms with Gasteiger partial charge in [-0.05, 0) is 74.9 Å². The van der Waals surface area contributed by atoms with Crippen LogP contribution in [0, 0.1) is 0 Å². The second-order valence-electron chi connectivity index (χ2n) is 9.63. The van der Waals surface area contributed by atoms with Crippen LogP contribution in [0.25, 0.3) is 11.1 Å². The van der Waals surface area contributed by atoms with Crippen LogP contribution in [0.1, 0.15) is 58.2 Å². The van der Waals surface area contributed by atoms with Crippen molar-refractivity contribution in [1.29, 1.82) is 0 Å². The van der Waals surface area contributed by atoms with Gasteiger partial charge in [-0.15, -0.1) is 0 Å². The molecule has 182 valence electrons. The summed E-state index contributed by atoms with van der Waals surface area (Å²) in [7, 11) is 0. The lowest BCUT2D eigenvalue weighted by Crippen LogP contribution is -2.46. The first-order chi connectivity index (χ1) is 15.9. The molecule has 2 atom stereocenters. The SMILES string of the molecule is CC(=O)N1c2ccc(-c3ccc(CCNC(=O)O)cc3)cc2[C@H](NC(=O)OC(C)(C)C)C[C@@H]1C. The highest BCUT2D eigenvalue weighted by molar-refractivity contribution is 5.94. The summed E-state index contributed by atoms with van der Waals surface area (Å²) in [5.74, 6) is -0.0449. The summed E-state index contributed by atoms with van der Waals surface area (Å²) in [6.07, 6.45) is -0.347. The molecule has 3 amide bonds. The van der Waals surface area contributed by atoms with Gasteiger partial charge in [0, 0.05) is 25.2 Å². The maximum atomic E-state index is 12.5. The zero-order valence-electron chi connectivity index (χ0n) is 20.3. The molecule has 8 heteroatoms. The minimum Gasteiger partial charge on any atom is -0.465 e. The Morgan fingerprint density at radius 1 is 1.09 bits per heavy atom. The van der Waals surface area contributed by atoms with E-state index in [1.165, 1.54) is 0 Å². The van der Waals surface area contributed by atoms with Crippen molar-refractivity contribution in [2.45, 2.75) is 65.1 Å². The maximum absolute atomic E-state index is 12.5. The van der Waals surface area contributed by atoms with Crippen LogP contribution in [0.3, 0.4) is 0 Å². The van der Waals surface area contributed by atoms with Gasteiger partial charge in [-0.25, -0.2) is 9.59 Å². The lowest BCUT2D eigenvalue weighted by atomic mass is 9.89. The molecule has 0 radical (unpaired) electrons. The minimum absolute atomic E-state index is 0.0449. The van der Waals surface area contributed by atoms with Gasteiger partial charge in [-0.1, -0.05) is 30.3 Å². The van der Waals surface area contributed by atoms with E-state index in [0.29, 0.717) is 19.4 Å². The van der Waals surface area contributed by atoms with Crippen molar-refractivity contribution < 1.29 is 24.2 Å². The molecule has 1 heterocycles. The summed E-state index contributed by atoms with van der Waals surface area (Å²) in [5.41, 5.74) is 4.02. The number of fused-ring (bicyclic) bond motifs is 1. The van der Waals surface area contributed by atoms with Crippen LogP contribution >= 0.6 is 0 Å². The monoisotopic (exact) mass is 467 g/mol. The predicted octanol–water partition coefficient (Wildman–Crippen LogP) is 4.87. The van der Waals surface area contributed by atoms with Crippen molar-refractivity contribution in [2.24, 2.45) is 0 Å². The highest BCUT2D eigenvalue weighted by Crippen LogP contribution is 2.39. The van der Waals surface area contributed by atoms with E-state index >= 15 is 0 Å². The first-order valence-electron chi connectivity index (χ1n) is 11.4. The van der Waals surface area contributed by atoms with E-state index in [2.05, 4.69) is 10.6 Å². The Morgan fingerprint density at radius 3 is 2.32 bits per heavy atom. The molecule has 0 bridgehead atoms. The molecule has 1 aliphatic rings. The lowest BCUT2D eigenvalue weighted by Gasteiger charge is -2.39. The van der Waals surface area contributed by atoms with Gasteiger partial charge in [0.15, 0.2) is 0 Å². The molecule has 0 saturated carbocycles. The molecule has 0 fully saturated rings. The molecule has 3 N–H and O–H groups in total. The van der Waals surface area contributed by atoms with E-state index in [1.54, 1.807) is 11.8 Å². The standard InChI is InChI=1S/C26H33N3O5/c1-16-14-22(28-25(33)34-26(3,4)5)21-15-20(10-11-23(21)29(16)17(2)30)19-8-6-18(7-9-19)12-13-27-24(31)32/h6-11,15-16,22,27H,12-14H2,1-5H3,(H,28,33)(H,31,32)/t16-,22+/m0/s1. The molecule has 0 unspecified atom stereocenters. The normalized spacial score (nSPS) is 17.5. The van der Waals surface area contributed by atoms with Gasteiger partial charge in [0.25, 0.3) is 0 Å². The van der Waals surface area contributed by atoms with Crippen LogP contribution in [0.2, 0.25) is 0 Å². The summed E-state index contributed by atoms with van der Waals surface area (Å²) in [6, 6.07) is 13.5. The second kappa shape index (κ2) is 10.2. The highest BCUT2D eigenvalue weighted by Gasteiger charge is 2.34. The number of hydrogen-bond donors (Lipinski definition) is 3. The van der Waals surface area contributed by atoms with Gasteiger partial charge in [0.2, 0.25) is 5.91 Å². The van der Waals surface area contributed by atoms with E-state index < -0.39 is 17.8 Å². The number of rotatable bonds is 5. The molecule has 0 saturated heterocycles. The van der Waals surface area contributed by atoms with Crippen LogP contribution in [0.4, 0.5) is 15.3 Å². The summed E-state index contributed by atoms with van der Waals surface area (Å²) in [5, 5.41) is 14.1. The Balaban J connectivity index is 1.89. The molecular formula is C26H33N3O5. The van der Waals surface area contributed by atoms with Crippen molar-refractivity contribution in [2.75, 3.05) is 11.4 Å². The summed E-state index contributed by atoms with van der Waals surface area (Å²) in [6.45, 7) is 9.33. The molecule has 8 nitrogen and oxygen atoms in total. The number of anilines is 1. The van der Waals surface area contributed by atoms with E-state index in [4.69, 9.17) is 9.84 Å². The smallest absolute Gasteiger partial charge is 0.408 e. The Kier molecular flexibility index (Phi) is 7.49. The Labute approximate surface area is 200 Å². The third-order valence-corrected chi connectivity index (χ3v) is 5.69. The number of carbonyl (C=O) groups excluding carboxylic acids is 2. The summed E-state index contributed by atoms with van der Waals surface area (Å²) < 4.78 is 5.47. The third-order valence-electron chi connectivity index (χ3n) is 5.69. The molecular weight excluding hydrogens is 434 g/mol. The number of carboxylic acid groups (broad SMARTS) is 1. The predicted molar refractivity (Wildman–Crippen MR) is 131 cm³/mol. The number of nitrogens with zero attached hydrogens (tertiary/aromatic N) is 1. The van der Waals surface area contributed by atoms with Gasteiger partial charge in [0.05, 0.1) is 6.04 Å². The number of ether oxygens (including phenoxy) is 1. The highest BCUT2D eigenvalue weighted by atomic mass is 16.6. The van der Waals surface area contributed by atoms with Crippen molar-refractivity contribution >= 4 is 23.8 Å². The number of benzene rings is 2. The topological polar surface area (TPSA) is 108 Å². The Morgan fingerprint density at radius 2 is 1.74 bits per heavy atom. The summed E-state index contributed by atoms with van der Waals surface area (Å²) in [4.78, 5) is 37.3. The van der Waals surface area contributed by atoms with E-state index in [-0.39, 0.29) is 18.0 Å². The van der Waals surface area contributed by atoms with E-state index in [1.807, 2.05) is 70.2 Å². The average Bonchev–Trinajstić information content (AvgIpc) is 2.72. The van der Waals surface area contributed by atoms with Gasteiger partial charge in [-0.3, -0.25) is 4.79 Å². The number of alkyl carbamates (subject to hydrolysis) is 1.